The van der Waals surface area contributed by atoms with Crippen molar-refractivity contribution < 1.29 is 14.3 Å². The molecule has 0 spiro atoms. The SMILES string of the molecule is COc1ccc(C2SCC(=O)Nc3c2c(C)nn3C)cc1OC. The number of ether oxygens (including phenoxy) is 2. The molecule has 7 heteroatoms. The average molecular weight is 333 g/mol. The Morgan fingerprint density at radius 3 is 2.74 bits per heavy atom. The second-order valence-electron chi connectivity index (χ2n) is 5.32. The number of amides is 1. The molecule has 1 aromatic carbocycles. The van der Waals surface area contributed by atoms with Gasteiger partial charge in [0.15, 0.2) is 11.5 Å². The van der Waals surface area contributed by atoms with Crippen LogP contribution >= 0.6 is 11.8 Å². The second kappa shape index (κ2) is 6.16. The number of fused-ring (bicyclic) bond motifs is 1. The van der Waals surface area contributed by atoms with E-state index in [1.165, 1.54) is 0 Å². The molecule has 1 aromatic heterocycles. The third kappa shape index (κ3) is 2.76. The molecule has 23 heavy (non-hydrogen) atoms. The molecule has 0 saturated heterocycles. The van der Waals surface area contributed by atoms with Crippen LogP contribution in [0.5, 0.6) is 11.5 Å². The summed E-state index contributed by atoms with van der Waals surface area (Å²) < 4.78 is 12.4. The molecule has 1 unspecified atom stereocenters. The Morgan fingerprint density at radius 1 is 1.30 bits per heavy atom. The molecule has 1 aliphatic heterocycles. The monoisotopic (exact) mass is 333 g/mol. The number of anilines is 1. The van der Waals surface area contributed by atoms with Gasteiger partial charge in [-0.2, -0.15) is 5.10 Å². The Bertz CT molecular complexity index is 757. The van der Waals surface area contributed by atoms with E-state index in [0.29, 0.717) is 17.3 Å². The number of benzene rings is 1. The van der Waals surface area contributed by atoms with Crippen LogP contribution in [0.15, 0.2) is 18.2 Å². The van der Waals surface area contributed by atoms with E-state index in [-0.39, 0.29) is 11.2 Å². The molecule has 1 amide bonds. The van der Waals surface area contributed by atoms with Gasteiger partial charge < -0.3 is 14.8 Å². The van der Waals surface area contributed by atoms with Gasteiger partial charge in [0, 0.05) is 12.6 Å². The molecule has 1 aliphatic rings. The van der Waals surface area contributed by atoms with Gasteiger partial charge in [0.2, 0.25) is 5.91 Å². The number of aromatic nitrogens is 2. The van der Waals surface area contributed by atoms with E-state index in [0.717, 1.165) is 22.6 Å². The fraction of sp³-hybridized carbons (Fsp3) is 0.375. The molecule has 0 radical (unpaired) electrons. The lowest BCUT2D eigenvalue weighted by Gasteiger charge is -2.17. The predicted molar refractivity (Wildman–Crippen MR) is 90.4 cm³/mol. The number of hydrogen-bond acceptors (Lipinski definition) is 5. The Balaban J connectivity index is 2.11. The summed E-state index contributed by atoms with van der Waals surface area (Å²) in [6.07, 6.45) is 0. The van der Waals surface area contributed by atoms with Crippen LogP contribution in [0.2, 0.25) is 0 Å². The summed E-state index contributed by atoms with van der Waals surface area (Å²) in [7, 11) is 5.07. The minimum atomic E-state index is -0.0118. The maximum Gasteiger partial charge on any atom is 0.235 e. The zero-order valence-electron chi connectivity index (χ0n) is 13.5. The van der Waals surface area contributed by atoms with E-state index >= 15 is 0 Å². The highest BCUT2D eigenvalue weighted by Crippen LogP contribution is 2.44. The molecule has 122 valence electrons. The standard InChI is InChI=1S/C16H19N3O3S/c1-9-14-15(10-5-6-11(21-3)12(7-10)22-4)23-8-13(20)17-16(14)19(2)18-9/h5-7,15H,8H2,1-4H3,(H,17,20). The van der Waals surface area contributed by atoms with Gasteiger partial charge in [0.1, 0.15) is 5.82 Å². The highest BCUT2D eigenvalue weighted by molar-refractivity contribution is 8.00. The lowest BCUT2D eigenvalue weighted by atomic mass is 10.0. The Kier molecular flexibility index (Phi) is 4.21. The lowest BCUT2D eigenvalue weighted by molar-refractivity contribution is -0.113. The summed E-state index contributed by atoms with van der Waals surface area (Å²) in [5.41, 5.74) is 3.01. The number of methoxy groups -OCH3 is 2. The van der Waals surface area contributed by atoms with Crippen LogP contribution in [0.3, 0.4) is 0 Å². The molecule has 2 heterocycles. The van der Waals surface area contributed by atoms with Gasteiger partial charge in [-0.1, -0.05) is 6.07 Å². The number of carbonyl (C=O) groups is 1. The Morgan fingerprint density at radius 2 is 2.04 bits per heavy atom. The number of rotatable bonds is 3. The Hall–Kier alpha value is -2.15. The number of nitrogens with zero attached hydrogens (tertiary/aromatic N) is 2. The zero-order valence-corrected chi connectivity index (χ0v) is 14.4. The van der Waals surface area contributed by atoms with Crippen LogP contribution < -0.4 is 14.8 Å². The summed E-state index contributed by atoms with van der Waals surface area (Å²) >= 11 is 1.59. The van der Waals surface area contributed by atoms with E-state index in [9.17, 15) is 4.79 Å². The fourth-order valence-corrected chi connectivity index (χ4v) is 4.00. The van der Waals surface area contributed by atoms with Crippen LogP contribution in [0.25, 0.3) is 0 Å². The van der Waals surface area contributed by atoms with Gasteiger partial charge >= 0.3 is 0 Å². The van der Waals surface area contributed by atoms with Crippen molar-refractivity contribution in [2.24, 2.45) is 7.05 Å². The van der Waals surface area contributed by atoms with E-state index < -0.39 is 0 Å². The first-order valence-electron chi connectivity index (χ1n) is 7.22. The van der Waals surface area contributed by atoms with Crippen molar-refractivity contribution >= 4 is 23.5 Å². The predicted octanol–water partition coefficient (Wildman–Crippen LogP) is 2.52. The first kappa shape index (κ1) is 15.7. The number of carbonyl (C=O) groups excluding carboxylic acids is 1. The normalized spacial score (nSPS) is 17.2. The summed E-state index contributed by atoms with van der Waals surface area (Å²) in [5.74, 6) is 2.51. The summed E-state index contributed by atoms with van der Waals surface area (Å²) in [6.45, 7) is 1.96. The van der Waals surface area contributed by atoms with Gasteiger partial charge in [0.05, 0.1) is 30.9 Å². The molecular formula is C16H19N3O3S. The van der Waals surface area contributed by atoms with Crippen molar-refractivity contribution in [2.45, 2.75) is 12.2 Å². The molecule has 0 aliphatic carbocycles. The molecule has 3 rings (SSSR count). The quantitative estimate of drug-likeness (QED) is 0.935. The molecule has 0 saturated carbocycles. The molecule has 0 bridgehead atoms. The molecule has 2 aromatic rings. The van der Waals surface area contributed by atoms with Gasteiger partial charge in [0.25, 0.3) is 0 Å². The van der Waals surface area contributed by atoms with Crippen molar-refractivity contribution in [3.05, 3.63) is 35.0 Å². The van der Waals surface area contributed by atoms with E-state index in [1.54, 1.807) is 30.7 Å². The minimum absolute atomic E-state index is 0.0115. The van der Waals surface area contributed by atoms with E-state index in [4.69, 9.17) is 9.47 Å². The molecule has 1 atom stereocenters. The van der Waals surface area contributed by atoms with E-state index in [2.05, 4.69) is 10.4 Å². The Labute approximate surface area is 139 Å². The fourth-order valence-electron chi connectivity index (χ4n) is 2.83. The molecule has 0 fully saturated rings. The van der Waals surface area contributed by atoms with Crippen LogP contribution in [0.1, 0.15) is 22.1 Å². The van der Waals surface area contributed by atoms with Crippen molar-refractivity contribution in [3.8, 4) is 11.5 Å². The second-order valence-corrected chi connectivity index (χ2v) is 6.42. The van der Waals surface area contributed by atoms with Crippen molar-refractivity contribution in [2.75, 3.05) is 25.3 Å². The number of hydrogen-bond donors (Lipinski definition) is 1. The molecule has 6 nitrogen and oxygen atoms in total. The zero-order chi connectivity index (χ0) is 16.6. The van der Waals surface area contributed by atoms with Crippen LogP contribution in [0, 0.1) is 6.92 Å². The largest absolute Gasteiger partial charge is 0.493 e. The molecule has 1 N–H and O–H groups in total. The van der Waals surface area contributed by atoms with Gasteiger partial charge in [-0.15, -0.1) is 11.8 Å². The smallest absolute Gasteiger partial charge is 0.235 e. The van der Waals surface area contributed by atoms with Gasteiger partial charge in [-0.25, -0.2) is 0 Å². The van der Waals surface area contributed by atoms with Crippen LogP contribution in [-0.2, 0) is 11.8 Å². The van der Waals surface area contributed by atoms with Crippen LogP contribution in [-0.4, -0.2) is 35.7 Å². The maximum absolute atomic E-state index is 12.0. The van der Waals surface area contributed by atoms with E-state index in [1.807, 2.05) is 32.2 Å². The minimum Gasteiger partial charge on any atom is -0.493 e. The van der Waals surface area contributed by atoms with Crippen molar-refractivity contribution in [1.82, 2.24) is 9.78 Å². The highest BCUT2D eigenvalue weighted by atomic mass is 32.2. The topological polar surface area (TPSA) is 65.4 Å². The van der Waals surface area contributed by atoms with Crippen molar-refractivity contribution in [1.29, 1.82) is 0 Å². The summed E-state index contributed by atoms with van der Waals surface area (Å²) in [6, 6.07) is 5.85. The average Bonchev–Trinajstić information content (AvgIpc) is 2.72. The first-order valence-corrected chi connectivity index (χ1v) is 8.27. The highest BCUT2D eigenvalue weighted by Gasteiger charge is 2.29. The summed E-state index contributed by atoms with van der Waals surface area (Å²) in [4.78, 5) is 12.0. The van der Waals surface area contributed by atoms with Crippen molar-refractivity contribution in [3.63, 3.8) is 0 Å². The maximum atomic E-state index is 12.0. The summed E-state index contributed by atoms with van der Waals surface area (Å²) in [5, 5.41) is 7.41. The first-order chi connectivity index (χ1) is 11.0. The third-order valence-electron chi connectivity index (χ3n) is 3.88. The van der Waals surface area contributed by atoms with Crippen LogP contribution in [0.4, 0.5) is 5.82 Å². The van der Waals surface area contributed by atoms with Gasteiger partial charge in [-0.05, 0) is 24.6 Å². The number of nitrogens with one attached hydrogen (secondary N) is 1. The molecular weight excluding hydrogens is 314 g/mol. The number of aryl methyl sites for hydroxylation is 2. The van der Waals surface area contributed by atoms with Gasteiger partial charge in [-0.3, -0.25) is 9.48 Å². The number of thioether (sulfide) groups is 1. The lowest BCUT2D eigenvalue weighted by Crippen LogP contribution is -2.15. The third-order valence-corrected chi connectivity index (χ3v) is 5.15.